The van der Waals surface area contributed by atoms with Gasteiger partial charge >= 0.3 is 6.18 Å². The van der Waals surface area contributed by atoms with E-state index in [1.54, 1.807) is 30.3 Å². The molecule has 1 aliphatic rings. The highest BCUT2D eigenvalue weighted by Gasteiger charge is 2.43. The van der Waals surface area contributed by atoms with Gasteiger partial charge in [0.2, 0.25) is 0 Å². The molecule has 3 atom stereocenters. The van der Waals surface area contributed by atoms with Crippen LogP contribution in [0.2, 0.25) is 0 Å². The zero-order valence-electron chi connectivity index (χ0n) is 18.7. The first-order valence-corrected chi connectivity index (χ1v) is 10.6. The van der Waals surface area contributed by atoms with Gasteiger partial charge in [-0.3, -0.25) is 4.79 Å². The van der Waals surface area contributed by atoms with Crippen LogP contribution in [0.1, 0.15) is 36.0 Å². The van der Waals surface area contributed by atoms with E-state index >= 15 is 0 Å². The predicted octanol–water partition coefficient (Wildman–Crippen LogP) is 4.09. The second-order valence-corrected chi connectivity index (χ2v) is 8.36. The van der Waals surface area contributed by atoms with E-state index in [1.807, 2.05) is 25.9 Å². The molecule has 1 N–H and O–H groups in total. The van der Waals surface area contributed by atoms with Crippen LogP contribution in [0.4, 0.5) is 18.9 Å². The number of rotatable bonds is 6. The SMILES string of the molecule is CCC(CN(C)C)N1C(=O)[C@H](O)[C@H](c2ccc(OC)cc2)Cc2c1cccc2C(F)(F)F. The van der Waals surface area contributed by atoms with Crippen molar-refractivity contribution in [3.63, 3.8) is 0 Å². The van der Waals surface area contributed by atoms with Gasteiger partial charge in [-0.25, -0.2) is 0 Å². The molecule has 0 bridgehead atoms. The Kier molecular flexibility index (Phi) is 7.15. The Balaban J connectivity index is 2.20. The number of hydrogen-bond donors (Lipinski definition) is 1. The smallest absolute Gasteiger partial charge is 0.416 e. The van der Waals surface area contributed by atoms with Crippen molar-refractivity contribution in [2.24, 2.45) is 0 Å². The number of nitrogens with zero attached hydrogens (tertiary/aromatic N) is 2. The molecule has 174 valence electrons. The topological polar surface area (TPSA) is 53.0 Å². The number of ether oxygens (including phenoxy) is 1. The molecule has 0 aliphatic carbocycles. The fraction of sp³-hybridized carbons (Fsp3) is 0.458. The molecule has 1 heterocycles. The molecule has 0 saturated carbocycles. The zero-order chi connectivity index (χ0) is 23.6. The number of amides is 1. The first-order valence-electron chi connectivity index (χ1n) is 10.6. The van der Waals surface area contributed by atoms with Crippen LogP contribution in [-0.2, 0) is 17.4 Å². The zero-order valence-corrected chi connectivity index (χ0v) is 18.7. The fourth-order valence-corrected chi connectivity index (χ4v) is 4.39. The first-order chi connectivity index (χ1) is 15.1. The summed E-state index contributed by atoms with van der Waals surface area (Å²) < 4.78 is 47.0. The highest BCUT2D eigenvalue weighted by molar-refractivity contribution is 5.99. The minimum atomic E-state index is -4.58. The van der Waals surface area contributed by atoms with Crippen LogP contribution in [0.15, 0.2) is 42.5 Å². The highest BCUT2D eigenvalue weighted by atomic mass is 19.4. The van der Waals surface area contributed by atoms with Crippen molar-refractivity contribution >= 4 is 11.6 Å². The van der Waals surface area contributed by atoms with Crippen LogP contribution in [0.25, 0.3) is 0 Å². The lowest BCUT2D eigenvalue weighted by Crippen LogP contribution is -2.50. The van der Waals surface area contributed by atoms with E-state index in [2.05, 4.69) is 0 Å². The second kappa shape index (κ2) is 9.50. The maximum atomic E-state index is 14.0. The molecule has 0 aromatic heterocycles. The quantitative estimate of drug-likeness (QED) is 0.721. The average molecular weight is 451 g/mol. The van der Waals surface area contributed by atoms with E-state index < -0.39 is 29.7 Å². The largest absolute Gasteiger partial charge is 0.497 e. The Morgan fingerprint density at radius 2 is 1.84 bits per heavy atom. The number of carbonyl (C=O) groups excluding carboxylic acids is 1. The Morgan fingerprint density at radius 1 is 1.19 bits per heavy atom. The van der Waals surface area contributed by atoms with Gasteiger partial charge in [0.05, 0.1) is 12.7 Å². The molecule has 0 saturated heterocycles. The minimum absolute atomic E-state index is 0.0305. The van der Waals surface area contributed by atoms with E-state index in [0.717, 1.165) is 6.07 Å². The van der Waals surface area contributed by atoms with Crippen molar-refractivity contribution in [3.05, 3.63) is 59.2 Å². The second-order valence-electron chi connectivity index (χ2n) is 8.36. The van der Waals surface area contributed by atoms with Crippen LogP contribution >= 0.6 is 0 Å². The van der Waals surface area contributed by atoms with Crippen molar-refractivity contribution in [2.45, 2.75) is 44.0 Å². The summed E-state index contributed by atoms with van der Waals surface area (Å²) in [6, 6.07) is 10.2. The van der Waals surface area contributed by atoms with Crippen LogP contribution in [0, 0.1) is 0 Å². The van der Waals surface area contributed by atoms with Gasteiger partial charge in [0.25, 0.3) is 5.91 Å². The molecule has 1 aliphatic heterocycles. The molecular weight excluding hydrogens is 421 g/mol. The Hall–Kier alpha value is -2.58. The van der Waals surface area contributed by atoms with Gasteiger partial charge in [0, 0.05) is 24.2 Å². The Bertz CT molecular complexity index is 944. The lowest BCUT2D eigenvalue weighted by molar-refractivity contribution is -0.138. The molecule has 0 radical (unpaired) electrons. The predicted molar refractivity (Wildman–Crippen MR) is 117 cm³/mol. The van der Waals surface area contributed by atoms with Crippen molar-refractivity contribution in [3.8, 4) is 5.75 Å². The van der Waals surface area contributed by atoms with Crippen molar-refractivity contribution in [1.29, 1.82) is 0 Å². The average Bonchev–Trinajstić information content (AvgIpc) is 2.86. The Morgan fingerprint density at radius 3 is 2.38 bits per heavy atom. The van der Waals surface area contributed by atoms with E-state index in [1.165, 1.54) is 18.1 Å². The van der Waals surface area contributed by atoms with Gasteiger partial charge in [-0.1, -0.05) is 25.1 Å². The normalized spacial score (nSPS) is 20.2. The number of fused-ring (bicyclic) bond motifs is 1. The van der Waals surface area contributed by atoms with Gasteiger partial charge < -0.3 is 19.6 Å². The Labute approximate surface area is 186 Å². The summed E-state index contributed by atoms with van der Waals surface area (Å²) >= 11 is 0. The molecule has 2 aromatic rings. The maximum Gasteiger partial charge on any atom is 0.416 e. The number of aliphatic hydroxyl groups is 1. The number of hydrogen-bond acceptors (Lipinski definition) is 4. The summed E-state index contributed by atoms with van der Waals surface area (Å²) in [5.74, 6) is -0.826. The monoisotopic (exact) mass is 450 g/mol. The van der Waals surface area contributed by atoms with E-state index in [-0.39, 0.29) is 23.7 Å². The molecule has 1 unspecified atom stereocenters. The van der Waals surface area contributed by atoms with Crippen molar-refractivity contribution in [2.75, 3.05) is 32.6 Å². The maximum absolute atomic E-state index is 14.0. The molecule has 2 aromatic carbocycles. The number of benzene rings is 2. The van der Waals surface area contributed by atoms with Gasteiger partial charge in [-0.15, -0.1) is 0 Å². The molecule has 1 amide bonds. The van der Waals surface area contributed by atoms with Crippen LogP contribution in [0.5, 0.6) is 5.75 Å². The van der Waals surface area contributed by atoms with Gasteiger partial charge in [0.1, 0.15) is 11.9 Å². The standard InChI is InChI=1S/C24H29F3N2O3/c1-5-16(14-28(2)3)29-21-8-6-7-20(24(25,26)27)19(21)13-18(22(30)23(29)31)15-9-11-17(32-4)12-10-15/h6-12,16,18,22,30H,5,13-14H2,1-4H3/t16?,18-,22+/m0/s1. The lowest BCUT2D eigenvalue weighted by atomic mass is 9.86. The van der Waals surface area contributed by atoms with Crippen LogP contribution in [0.3, 0.4) is 0 Å². The van der Waals surface area contributed by atoms with Crippen LogP contribution < -0.4 is 9.64 Å². The van der Waals surface area contributed by atoms with Gasteiger partial charge in [-0.05, 0) is 62.3 Å². The summed E-state index contributed by atoms with van der Waals surface area (Å²) in [4.78, 5) is 16.8. The van der Waals surface area contributed by atoms with Crippen molar-refractivity contribution in [1.82, 2.24) is 4.90 Å². The van der Waals surface area contributed by atoms with Gasteiger partial charge in [-0.2, -0.15) is 13.2 Å². The summed E-state index contributed by atoms with van der Waals surface area (Å²) in [6.45, 7) is 2.34. The first kappa shape index (κ1) is 24.1. The number of carbonyl (C=O) groups is 1. The number of halogens is 3. The van der Waals surface area contributed by atoms with E-state index in [9.17, 15) is 23.1 Å². The number of likely N-dealkylation sites (N-methyl/N-ethyl adjacent to an activating group) is 1. The third kappa shape index (κ3) is 4.76. The molecule has 8 heteroatoms. The van der Waals surface area contributed by atoms with Crippen molar-refractivity contribution < 1.29 is 27.8 Å². The summed E-state index contributed by atoms with van der Waals surface area (Å²) in [7, 11) is 5.20. The number of methoxy groups -OCH3 is 1. The third-order valence-electron chi connectivity index (χ3n) is 5.97. The van der Waals surface area contributed by atoms with E-state index in [4.69, 9.17) is 4.74 Å². The molecule has 0 fully saturated rings. The fourth-order valence-electron chi connectivity index (χ4n) is 4.39. The summed E-state index contributed by atoms with van der Waals surface area (Å²) in [6.07, 6.45) is -5.64. The molecule has 3 rings (SSSR count). The molecule has 32 heavy (non-hydrogen) atoms. The number of anilines is 1. The lowest BCUT2D eigenvalue weighted by Gasteiger charge is -2.34. The number of aliphatic hydroxyl groups excluding tert-OH is 1. The minimum Gasteiger partial charge on any atom is -0.497 e. The molecule has 5 nitrogen and oxygen atoms in total. The highest BCUT2D eigenvalue weighted by Crippen LogP contribution is 2.43. The summed E-state index contributed by atoms with van der Waals surface area (Å²) in [5, 5.41) is 11.1. The van der Waals surface area contributed by atoms with Gasteiger partial charge in [0.15, 0.2) is 0 Å². The summed E-state index contributed by atoms with van der Waals surface area (Å²) in [5.41, 5.74) is 0.0497. The van der Waals surface area contributed by atoms with E-state index in [0.29, 0.717) is 24.3 Å². The molecule has 0 spiro atoms. The molecular formula is C24H29F3N2O3. The van der Waals surface area contributed by atoms with Crippen LogP contribution in [-0.4, -0.2) is 55.8 Å². The third-order valence-corrected chi connectivity index (χ3v) is 5.97. The number of alkyl halides is 3.